The van der Waals surface area contributed by atoms with E-state index in [0.29, 0.717) is 11.4 Å². The minimum absolute atomic E-state index is 0.00484. The number of anilines is 3. The standard InChI is InChI=1S/C19H15F3N4O3/c1-26(17(27)16-23-9-10-29-16)15-7-5-13(6-8-15)24-18(28)25-14-4-2-3-12(11-14)19(20,21)22/h2-11H,1H3,(H2,24,25,28). The van der Waals surface area contributed by atoms with Gasteiger partial charge in [-0.2, -0.15) is 13.2 Å². The Hall–Kier alpha value is -3.82. The Bertz CT molecular complexity index is 1000. The number of oxazole rings is 1. The number of rotatable bonds is 4. The van der Waals surface area contributed by atoms with Crippen molar-refractivity contribution < 1.29 is 27.2 Å². The fourth-order valence-electron chi connectivity index (χ4n) is 2.42. The number of halogens is 3. The summed E-state index contributed by atoms with van der Waals surface area (Å²) in [7, 11) is 1.54. The van der Waals surface area contributed by atoms with Gasteiger partial charge in [0.25, 0.3) is 5.89 Å². The number of hydrogen-bond donors (Lipinski definition) is 2. The third-order valence-electron chi connectivity index (χ3n) is 3.88. The molecule has 0 saturated heterocycles. The summed E-state index contributed by atoms with van der Waals surface area (Å²) in [5.74, 6) is -0.506. The molecule has 29 heavy (non-hydrogen) atoms. The van der Waals surface area contributed by atoms with Crippen molar-refractivity contribution in [1.29, 1.82) is 0 Å². The van der Waals surface area contributed by atoms with E-state index >= 15 is 0 Å². The molecule has 2 N–H and O–H groups in total. The van der Waals surface area contributed by atoms with Crippen LogP contribution in [0.4, 0.5) is 35.0 Å². The average molecular weight is 404 g/mol. The summed E-state index contributed by atoms with van der Waals surface area (Å²) in [6, 6.07) is 9.85. The van der Waals surface area contributed by atoms with Crippen molar-refractivity contribution in [2.24, 2.45) is 0 Å². The van der Waals surface area contributed by atoms with Crippen molar-refractivity contribution in [2.45, 2.75) is 6.18 Å². The number of carbonyl (C=O) groups excluding carboxylic acids is 2. The molecule has 3 rings (SSSR count). The summed E-state index contributed by atoms with van der Waals surface area (Å²) in [5, 5.41) is 4.85. The fourth-order valence-corrected chi connectivity index (χ4v) is 2.42. The summed E-state index contributed by atoms with van der Waals surface area (Å²) in [5.41, 5.74) is 0.0517. The van der Waals surface area contributed by atoms with Crippen molar-refractivity contribution in [3.05, 3.63) is 72.4 Å². The number of urea groups is 1. The van der Waals surface area contributed by atoms with Crippen molar-refractivity contribution >= 4 is 29.0 Å². The van der Waals surface area contributed by atoms with E-state index in [1.165, 1.54) is 36.5 Å². The topological polar surface area (TPSA) is 87.5 Å². The lowest BCUT2D eigenvalue weighted by molar-refractivity contribution is -0.137. The summed E-state index contributed by atoms with van der Waals surface area (Å²) in [6.45, 7) is 0. The SMILES string of the molecule is CN(C(=O)c1ncco1)c1ccc(NC(=O)Nc2cccc(C(F)(F)F)c2)cc1. The molecule has 150 valence electrons. The number of amides is 3. The number of carbonyl (C=O) groups is 2. The van der Waals surface area contributed by atoms with E-state index in [9.17, 15) is 22.8 Å². The first kappa shape index (κ1) is 19.9. The molecule has 1 aromatic heterocycles. The van der Waals surface area contributed by atoms with E-state index in [1.54, 1.807) is 24.3 Å². The molecule has 3 amide bonds. The average Bonchev–Trinajstić information content (AvgIpc) is 3.22. The maximum atomic E-state index is 12.7. The maximum Gasteiger partial charge on any atom is 0.416 e. The second kappa shape index (κ2) is 8.05. The highest BCUT2D eigenvalue weighted by Crippen LogP contribution is 2.30. The van der Waals surface area contributed by atoms with Crippen molar-refractivity contribution in [2.75, 3.05) is 22.6 Å². The van der Waals surface area contributed by atoms with Crippen LogP contribution in [0.2, 0.25) is 0 Å². The van der Waals surface area contributed by atoms with Crippen LogP contribution in [0.25, 0.3) is 0 Å². The number of hydrogen-bond acceptors (Lipinski definition) is 4. The predicted molar refractivity (Wildman–Crippen MR) is 99.8 cm³/mol. The van der Waals surface area contributed by atoms with Gasteiger partial charge in [0.2, 0.25) is 0 Å². The van der Waals surface area contributed by atoms with Gasteiger partial charge in [-0.25, -0.2) is 9.78 Å². The van der Waals surface area contributed by atoms with Crippen LogP contribution in [0.1, 0.15) is 16.2 Å². The second-order valence-electron chi connectivity index (χ2n) is 5.91. The van der Waals surface area contributed by atoms with Gasteiger partial charge in [0.05, 0.1) is 11.8 Å². The Morgan fingerprint density at radius 1 is 1.03 bits per heavy atom. The van der Waals surface area contributed by atoms with Crippen LogP contribution < -0.4 is 15.5 Å². The van der Waals surface area contributed by atoms with Crippen LogP contribution in [-0.2, 0) is 6.18 Å². The van der Waals surface area contributed by atoms with Crippen LogP contribution in [0.5, 0.6) is 0 Å². The molecule has 0 atom stereocenters. The normalized spacial score (nSPS) is 11.0. The second-order valence-corrected chi connectivity index (χ2v) is 5.91. The highest BCUT2D eigenvalue weighted by atomic mass is 19.4. The molecule has 0 bridgehead atoms. The van der Waals surface area contributed by atoms with Gasteiger partial charge in [0.1, 0.15) is 6.26 Å². The summed E-state index contributed by atoms with van der Waals surface area (Å²) in [6.07, 6.45) is -1.85. The Kier molecular flexibility index (Phi) is 5.53. The molecule has 0 radical (unpaired) electrons. The first-order valence-corrected chi connectivity index (χ1v) is 8.27. The molecule has 0 saturated carbocycles. The number of alkyl halides is 3. The van der Waals surface area contributed by atoms with Gasteiger partial charge in [-0.05, 0) is 42.5 Å². The molecule has 3 aromatic rings. The Labute approximate surface area is 163 Å². The van der Waals surface area contributed by atoms with Gasteiger partial charge >= 0.3 is 18.1 Å². The van der Waals surface area contributed by atoms with E-state index in [-0.39, 0.29) is 11.6 Å². The lowest BCUT2D eigenvalue weighted by atomic mass is 10.2. The Morgan fingerprint density at radius 3 is 2.34 bits per heavy atom. The first-order valence-electron chi connectivity index (χ1n) is 8.27. The van der Waals surface area contributed by atoms with E-state index in [4.69, 9.17) is 4.42 Å². The van der Waals surface area contributed by atoms with Gasteiger partial charge in [-0.1, -0.05) is 6.07 Å². The van der Waals surface area contributed by atoms with Gasteiger partial charge in [0, 0.05) is 24.1 Å². The number of aromatic nitrogens is 1. The highest BCUT2D eigenvalue weighted by molar-refractivity contribution is 6.03. The van der Waals surface area contributed by atoms with E-state index in [0.717, 1.165) is 12.1 Å². The van der Waals surface area contributed by atoms with E-state index in [2.05, 4.69) is 15.6 Å². The van der Waals surface area contributed by atoms with Crippen molar-refractivity contribution in [3.8, 4) is 0 Å². The lowest BCUT2D eigenvalue weighted by Gasteiger charge is -2.16. The van der Waals surface area contributed by atoms with Gasteiger partial charge in [0.15, 0.2) is 0 Å². The molecule has 0 aliphatic heterocycles. The minimum atomic E-state index is -4.50. The molecule has 10 heteroatoms. The van der Waals surface area contributed by atoms with E-state index in [1.807, 2.05) is 0 Å². The molecule has 2 aromatic carbocycles. The fraction of sp³-hybridized carbons (Fsp3) is 0.105. The molecular weight excluding hydrogens is 389 g/mol. The first-order chi connectivity index (χ1) is 13.7. The number of benzene rings is 2. The van der Waals surface area contributed by atoms with Crippen LogP contribution in [0.15, 0.2) is 65.4 Å². The van der Waals surface area contributed by atoms with Gasteiger partial charge < -0.3 is 20.0 Å². The molecule has 0 unspecified atom stereocenters. The molecule has 7 nitrogen and oxygen atoms in total. The molecule has 0 fully saturated rings. The van der Waals surface area contributed by atoms with Crippen LogP contribution in [0, 0.1) is 0 Å². The third kappa shape index (κ3) is 4.92. The summed E-state index contributed by atoms with van der Waals surface area (Å²) >= 11 is 0. The minimum Gasteiger partial charge on any atom is -0.441 e. The van der Waals surface area contributed by atoms with Crippen LogP contribution in [0.3, 0.4) is 0 Å². The predicted octanol–water partition coefficient (Wildman–Crippen LogP) is 4.61. The van der Waals surface area contributed by atoms with Crippen molar-refractivity contribution in [3.63, 3.8) is 0 Å². The smallest absolute Gasteiger partial charge is 0.416 e. The number of nitrogens with zero attached hydrogens (tertiary/aromatic N) is 2. The Balaban J connectivity index is 1.62. The molecular formula is C19H15F3N4O3. The molecule has 0 aliphatic rings. The zero-order valence-electron chi connectivity index (χ0n) is 15.0. The van der Waals surface area contributed by atoms with Crippen molar-refractivity contribution in [1.82, 2.24) is 4.98 Å². The van der Waals surface area contributed by atoms with E-state index < -0.39 is 23.7 Å². The molecule has 0 spiro atoms. The largest absolute Gasteiger partial charge is 0.441 e. The monoisotopic (exact) mass is 404 g/mol. The van der Waals surface area contributed by atoms with Crippen LogP contribution in [-0.4, -0.2) is 24.0 Å². The maximum absolute atomic E-state index is 12.7. The molecule has 1 heterocycles. The highest BCUT2D eigenvalue weighted by Gasteiger charge is 2.30. The van der Waals surface area contributed by atoms with Gasteiger partial charge in [-0.3, -0.25) is 4.79 Å². The Morgan fingerprint density at radius 2 is 1.72 bits per heavy atom. The summed E-state index contributed by atoms with van der Waals surface area (Å²) in [4.78, 5) is 29.3. The zero-order chi connectivity index (χ0) is 21.0. The third-order valence-corrected chi connectivity index (χ3v) is 3.88. The zero-order valence-corrected chi connectivity index (χ0v) is 15.0. The lowest BCUT2D eigenvalue weighted by Crippen LogP contribution is -2.26. The summed E-state index contributed by atoms with van der Waals surface area (Å²) < 4.78 is 43.2. The molecule has 0 aliphatic carbocycles. The number of nitrogens with one attached hydrogen (secondary N) is 2. The van der Waals surface area contributed by atoms with Gasteiger partial charge in [-0.15, -0.1) is 0 Å². The van der Waals surface area contributed by atoms with Crippen LogP contribution >= 0.6 is 0 Å². The quantitative estimate of drug-likeness (QED) is 0.665.